The lowest BCUT2D eigenvalue weighted by Crippen LogP contribution is -2.47. The second kappa shape index (κ2) is 6.35. The molecule has 6 heteroatoms. The van der Waals surface area contributed by atoms with E-state index >= 15 is 0 Å². The minimum atomic E-state index is 0.0310. The van der Waals surface area contributed by atoms with E-state index < -0.39 is 0 Å². The molecule has 1 aromatic rings. The molecule has 0 radical (unpaired) electrons. The Morgan fingerprint density at radius 2 is 2.39 bits per heavy atom. The van der Waals surface area contributed by atoms with E-state index in [1.165, 1.54) is 11.3 Å². The first-order chi connectivity index (χ1) is 8.61. The lowest BCUT2D eigenvalue weighted by Gasteiger charge is -2.34. The Balaban J connectivity index is 2.04. The van der Waals surface area contributed by atoms with E-state index in [4.69, 9.17) is 27.9 Å². The molecule has 3 nitrogen and oxygen atoms in total. The van der Waals surface area contributed by atoms with E-state index in [0.717, 1.165) is 13.0 Å². The van der Waals surface area contributed by atoms with Crippen molar-refractivity contribution >= 4 is 40.3 Å². The average molecular weight is 308 g/mol. The van der Waals surface area contributed by atoms with Crippen molar-refractivity contribution in [2.75, 3.05) is 26.3 Å². The Bertz CT molecular complexity index is 436. The van der Waals surface area contributed by atoms with Crippen molar-refractivity contribution in [1.82, 2.24) is 4.90 Å². The molecular weight excluding hydrogens is 293 g/mol. The van der Waals surface area contributed by atoms with E-state index in [0.29, 0.717) is 40.0 Å². The second-order valence-corrected chi connectivity index (χ2v) is 6.55. The van der Waals surface area contributed by atoms with Gasteiger partial charge in [-0.1, -0.05) is 30.1 Å². The zero-order valence-electron chi connectivity index (χ0n) is 10.1. The van der Waals surface area contributed by atoms with E-state index in [-0.39, 0.29) is 5.78 Å². The van der Waals surface area contributed by atoms with Crippen molar-refractivity contribution in [2.24, 2.45) is 0 Å². The molecule has 2 heterocycles. The molecule has 1 atom stereocenters. The van der Waals surface area contributed by atoms with Gasteiger partial charge < -0.3 is 4.74 Å². The minimum absolute atomic E-state index is 0.0310. The molecule has 1 aliphatic rings. The largest absolute Gasteiger partial charge is 0.378 e. The lowest BCUT2D eigenvalue weighted by atomic mass is 10.1. The molecule has 1 fully saturated rings. The third kappa shape index (κ3) is 3.25. The van der Waals surface area contributed by atoms with Crippen molar-refractivity contribution in [3.63, 3.8) is 0 Å². The smallest absolute Gasteiger partial charge is 0.179 e. The molecule has 0 N–H and O–H groups in total. The normalized spacial score (nSPS) is 21.2. The molecule has 100 valence electrons. The maximum atomic E-state index is 12.2. The Morgan fingerprint density at radius 1 is 1.61 bits per heavy atom. The van der Waals surface area contributed by atoms with Gasteiger partial charge in [-0.25, -0.2) is 0 Å². The van der Waals surface area contributed by atoms with E-state index in [2.05, 4.69) is 11.8 Å². The molecule has 2 rings (SSSR count). The van der Waals surface area contributed by atoms with Gasteiger partial charge in [0, 0.05) is 12.6 Å². The van der Waals surface area contributed by atoms with Crippen LogP contribution in [0.5, 0.6) is 0 Å². The quantitative estimate of drug-likeness (QED) is 0.799. The number of carbonyl (C=O) groups excluding carboxylic acids is 1. The zero-order chi connectivity index (χ0) is 13.1. The fraction of sp³-hybridized carbons (Fsp3) is 0.583. The summed E-state index contributed by atoms with van der Waals surface area (Å²) in [7, 11) is 0. The monoisotopic (exact) mass is 307 g/mol. The summed E-state index contributed by atoms with van der Waals surface area (Å²) < 4.78 is 6.45. The molecule has 0 aliphatic carbocycles. The average Bonchev–Trinajstić information content (AvgIpc) is 2.69. The number of thiophene rings is 1. The maximum absolute atomic E-state index is 12.2. The fourth-order valence-corrected chi connectivity index (χ4v) is 3.57. The third-order valence-corrected chi connectivity index (χ3v) is 4.61. The van der Waals surface area contributed by atoms with Crippen LogP contribution in [0.25, 0.3) is 0 Å². The Morgan fingerprint density at radius 3 is 3.00 bits per heavy atom. The highest BCUT2D eigenvalue weighted by Gasteiger charge is 2.25. The van der Waals surface area contributed by atoms with Gasteiger partial charge in [0.15, 0.2) is 5.78 Å². The molecule has 0 amide bonds. The van der Waals surface area contributed by atoms with Crippen LogP contribution in [0.4, 0.5) is 0 Å². The number of hydrogen-bond acceptors (Lipinski definition) is 4. The van der Waals surface area contributed by atoms with Crippen LogP contribution in [0.3, 0.4) is 0 Å². The molecule has 1 aromatic heterocycles. The van der Waals surface area contributed by atoms with Gasteiger partial charge in [0.1, 0.15) is 4.34 Å². The SMILES string of the molecule is CCC1COCCN1CC(=O)c1cc(Cl)sc1Cl. The predicted molar refractivity (Wildman–Crippen MR) is 75.1 cm³/mol. The van der Waals surface area contributed by atoms with Crippen LogP contribution in [0.2, 0.25) is 8.67 Å². The number of ketones is 1. The van der Waals surface area contributed by atoms with Gasteiger partial charge in [0.25, 0.3) is 0 Å². The highest BCUT2D eigenvalue weighted by Crippen LogP contribution is 2.31. The van der Waals surface area contributed by atoms with E-state index in [1.807, 2.05) is 0 Å². The minimum Gasteiger partial charge on any atom is -0.378 e. The van der Waals surface area contributed by atoms with Gasteiger partial charge in [-0.3, -0.25) is 9.69 Å². The van der Waals surface area contributed by atoms with E-state index in [1.54, 1.807) is 6.07 Å². The molecule has 0 spiro atoms. The van der Waals surface area contributed by atoms with Crippen molar-refractivity contribution in [2.45, 2.75) is 19.4 Å². The molecule has 0 saturated carbocycles. The Hall–Kier alpha value is -0.130. The first kappa shape index (κ1) is 14.3. The lowest BCUT2D eigenvalue weighted by molar-refractivity contribution is -0.00584. The summed E-state index contributed by atoms with van der Waals surface area (Å²) >= 11 is 13.1. The molecule has 0 aromatic carbocycles. The first-order valence-corrected chi connectivity index (χ1v) is 7.49. The second-order valence-electron chi connectivity index (χ2n) is 4.27. The zero-order valence-corrected chi connectivity index (χ0v) is 12.4. The summed E-state index contributed by atoms with van der Waals surface area (Å²) in [4.78, 5) is 14.4. The summed E-state index contributed by atoms with van der Waals surface area (Å²) in [6, 6.07) is 1.97. The number of nitrogens with zero attached hydrogens (tertiary/aromatic N) is 1. The number of morpholine rings is 1. The number of rotatable bonds is 4. The van der Waals surface area contributed by atoms with Gasteiger partial charge in [0.2, 0.25) is 0 Å². The van der Waals surface area contributed by atoms with Crippen LogP contribution in [-0.2, 0) is 4.74 Å². The summed E-state index contributed by atoms with van der Waals surface area (Å²) in [5, 5.41) is 0. The van der Waals surface area contributed by atoms with Crippen LogP contribution < -0.4 is 0 Å². The van der Waals surface area contributed by atoms with Gasteiger partial charge in [-0.15, -0.1) is 11.3 Å². The highest BCUT2D eigenvalue weighted by atomic mass is 35.5. The van der Waals surface area contributed by atoms with Gasteiger partial charge in [-0.05, 0) is 12.5 Å². The maximum Gasteiger partial charge on any atom is 0.179 e. The van der Waals surface area contributed by atoms with Crippen LogP contribution in [0, 0.1) is 0 Å². The first-order valence-electron chi connectivity index (χ1n) is 5.91. The molecule has 1 saturated heterocycles. The molecule has 18 heavy (non-hydrogen) atoms. The fourth-order valence-electron chi connectivity index (χ4n) is 2.07. The number of hydrogen-bond donors (Lipinski definition) is 0. The summed E-state index contributed by atoms with van der Waals surface area (Å²) in [5.41, 5.74) is 0.535. The number of Topliss-reactive ketones (excluding diaryl/α,β-unsaturated/α-hetero) is 1. The van der Waals surface area contributed by atoms with Crippen molar-refractivity contribution in [1.29, 1.82) is 0 Å². The summed E-state index contributed by atoms with van der Waals surface area (Å²) in [6.07, 6.45) is 0.978. The predicted octanol–water partition coefficient (Wildman–Crippen LogP) is 3.35. The van der Waals surface area contributed by atoms with Crippen LogP contribution in [-0.4, -0.2) is 43.0 Å². The third-order valence-electron chi connectivity index (χ3n) is 3.12. The molecule has 1 aliphatic heterocycles. The molecular formula is C12H15Cl2NO2S. The van der Waals surface area contributed by atoms with Gasteiger partial charge in [-0.2, -0.15) is 0 Å². The Labute approximate surface area is 121 Å². The molecule has 0 bridgehead atoms. The standard InChI is InChI=1S/C12H15Cl2NO2S/c1-2-8-7-17-4-3-15(8)6-10(16)9-5-11(13)18-12(9)14/h5,8H,2-4,6-7H2,1H3. The van der Waals surface area contributed by atoms with Gasteiger partial charge in [0.05, 0.1) is 29.7 Å². The molecule has 1 unspecified atom stereocenters. The van der Waals surface area contributed by atoms with Gasteiger partial charge >= 0.3 is 0 Å². The topological polar surface area (TPSA) is 29.5 Å². The van der Waals surface area contributed by atoms with Crippen molar-refractivity contribution in [3.8, 4) is 0 Å². The summed E-state index contributed by atoms with van der Waals surface area (Å²) in [5.74, 6) is 0.0310. The number of carbonyl (C=O) groups is 1. The van der Waals surface area contributed by atoms with Crippen molar-refractivity contribution in [3.05, 3.63) is 20.3 Å². The van der Waals surface area contributed by atoms with Crippen LogP contribution in [0.15, 0.2) is 6.07 Å². The highest BCUT2D eigenvalue weighted by molar-refractivity contribution is 7.20. The number of halogens is 2. The Kier molecular flexibility index (Phi) is 5.04. The van der Waals surface area contributed by atoms with E-state index in [9.17, 15) is 4.79 Å². The number of ether oxygens (including phenoxy) is 1. The van der Waals surface area contributed by atoms with Crippen molar-refractivity contribution < 1.29 is 9.53 Å². The summed E-state index contributed by atoms with van der Waals surface area (Å²) in [6.45, 7) is 4.66. The van der Waals surface area contributed by atoms with Crippen LogP contribution >= 0.6 is 34.5 Å². The van der Waals surface area contributed by atoms with Crippen LogP contribution in [0.1, 0.15) is 23.7 Å².